The zero-order valence-electron chi connectivity index (χ0n) is 8.59. The third-order valence-electron chi connectivity index (χ3n) is 2.89. The van der Waals surface area contributed by atoms with Crippen LogP contribution in [0.2, 0.25) is 0 Å². The van der Waals surface area contributed by atoms with Gasteiger partial charge in [-0.05, 0) is 31.6 Å². The van der Waals surface area contributed by atoms with Crippen molar-refractivity contribution >= 4 is 6.29 Å². The molecule has 0 radical (unpaired) electrons. The third kappa shape index (κ3) is 3.75. The van der Waals surface area contributed by atoms with Gasteiger partial charge in [-0.2, -0.15) is 0 Å². The predicted octanol–water partition coefficient (Wildman–Crippen LogP) is 3.49. The van der Waals surface area contributed by atoms with Crippen LogP contribution in [0.15, 0.2) is 11.6 Å². The monoisotopic (exact) mass is 180 g/mol. The van der Waals surface area contributed by atoms with Crippen LogP contribution in [0.5, 0.6) is 0 Å². The Bertz CT molecular complexity index is 182. The van der Waals surface area contributed by atoms with E-state index in [2.05, 4.69) is 13.0 Å². The van der Waals surface area contributed by atoms with E-state index < -0.39 is 0 Å². The van der Waals surface area contributed by atoms with Crippen molar-refractivity contribution in [3.05, 3.63) is 11.6 Å². The van der Waals surface area contributed by atoms with E-state index >= 15 is 0 Å². The second-order valence-electron chi connectivity index (χ2n) is 4.00. The van der Waals surface area contributed by atoms with Gasteiger partial charge in [0.15, 0.2) is 0 Å². The van der Waals surface area contributed by atoms with Crippen molar-refractivity contribution < 1.29 is 4.79 Å². The largest absolute Gasteiger partial charge is 0.303 e. The molecule has 13 heavy (non-hydrogen) atoms. The zero-order valence-corrected chi connectivity index (χ0v) is 8.59. The van der Waals surface area contributed by atoms with Crippen LogP contribution in [0.3, 0.4) is 0 Å². The Morgan fingerprint density at radius 1 is 1.62 bits per heavy atom. The van der Waals surface area contributed by atoms with E-state index in [-0.39, 0.29) is 0 Å². The summed E-state index contributed by atoms with van der Waals surface area (Å²) in [6, 6.07) is 0. The van der Waals surface area contributed by atoms with Crippen molar-refractivity contribution in [2.45, 2.75) is 51.9 Å². The molecule has 0 aromatic heterocycles. The number of allylic oxidation sites excluding steroid dienone is 2. The van der Waals surface area contributed by atoms with E-state index in [1.807, 2.05) is 0 Å². The van der Waals surface area contributed by atoms with Gasteiger partial charge in [0.2, 0.25) is 0 Å². The lowest BCUT2D eigenvalue weighted by molar-refractivity contribution is -0.107. The molecule has 1 atom stereocenters. The summed E-state index contributed by atoms with van der Waals surface area (Å²) in [5.41, 5.74) is 1.51. The van der Waals surface area contributed by atoms with Crippen molar-refractivity contribution in [1.82, 2.24) is 0 Å². The number of rotatable bonds is 5. The second-order valence-corrected chi connectivity index (χ2v) is 4.00. The SMILES string of the molecule is CCC[C@@H]1CC=C(CCC=O)CC1. The van der Waals surface area contributed by atoms with Gasteiger partial charge in [0.05, 0.1) is 0 Å². The molecule has 1 rings (SSSR count). The Labute approximate surface area is 81.2 Å². The topological polar surface area (TPSA) is 17.1 Å². The van der Waals surface area contributed by atoms with Crippen molar-refractivity contribution in [3.63, 3.8) is 0 Å². The molecule has 0 heterocycles. The molecule has 0 unspecified atom stereocenters. The smallest absolute Gasteiger partial charge is 0.120 e. The van der Waals surface area contributed by atoms with E-state index in [0.717, 1.165) is 18.6 Å². The number of hydrogen-bond donors (Lipinski definition) is 0. The fourth-order valence-electron chi connectivity index (χ4n) is 2.08. The van der Waals surface area contributed by atoms with Crippen LogP contribution in [0, 0.1) is 5.92 Å². The minimum absolute atomic E-state index is 0.713. The first-order chi connectivity index (χ1) is 6.36. The highest BCUT2D eigenvalue weighted by Crippen LogP contribution is 2.28. The highest BCUT2D eigenvalue weighted by atomic mass is 16.1. The summed E-state index contributed by atoms with van der Waals surface area (Å²) < 4.78 is 0. The van der Waals surface area contributed by atoms with Crippen molar-refractivity contribution in [2.75, 3.05) is 0 Å². The van der Waals surface area contributed by atoms with E-state index in [9.17, 15) is 4.79 Å². The fraction of sp³-hybridized carbons (Fsp3) is 0.750. The molecule has 1 nitrogen and oxygen atoms in total. The zero-order chi connectivity index (χ0) is 9.52. The first-order valence-electron chi connectivity index (χ1n) is 5.48. The molecule has 0 saturated heterocycles. The van der Waals surface area contributed by atoms with Gasteiger partial charge in [0.25, 0.3) is 0 Å². The van der Waals surface area contributed by atoms with Gasteiger partial charge in [-0.25, -0.2) is 0 Å². The van der Waals surface area contributed by atoms with E-state index in [0.29, 0.717) is 6.42 Å². The van der Waals surface area contributed by atoms with Crippen molar-refractivity contribution in [2.24, 2.45) is 5.92 Å². The van der Waals surface area contributed by atoms with Gasteiger partial charge in [-0.15, -0.1) is 0 Å². The number of carbonyl (C=O) groups is 1. The first-order valence-corrected chi connectivity index (χ1v) is 5.48. The quantitative estimate of drug-likeness (QED) is 0.467. The molecule has 1 aliphatic carbocycles. The van der Waals surface area contributed by atoms with Gasteiger partial charge >= 0.3 is 0 Å². The highest BCUT2D eigenvalue weighted by Gasteiger charge is 2.12. The molecule has 0 spiro atoms. The number of carbonyl (C=O) groups excluding carboxylic acids is 1. The Balaban J connectivity index is 2.25. The summed E-state index contributed by atoms with van der Waals surface area (Å²) >= 11 is 0. The highest BCUT2D eigenvalue weighted by molar-refractivity contribution is 5.49. The molecule has 0 aromatic carbocycles. The van der Waals surface area contributed by atoms with Gasteiger partial charge < -0.3 is 4.79 Å². The summed E-state index contributed by atoms with van der Waals surface area (Å²) in [6.07, 6.45) is 11.6. The molecule has 0 aromatic rings. The molecule has 1 heteroatoms. The van der Waals surface area contributed by atoms with Gasteiger partial charge in [-0.3, -0.25) is 0 Å². The average Bonchev–Trinajstić information content (AvgIpc) is 2.17. The second kappa shape index (κ2) is 5.95. The molecular formula is C12H20O. The number of hydrogen-bond acceptors (Lipinski definition) is 1. The molecule has 0 N–H and O–H groups in total. The Morgan fingerprint density at radius 3 is 3.00 bits per heavy atom. The van der Waals surface area contributed by atoms with Gasteiger partial charge in [0, 0.05) is 6.42 Å². The fourth-order valence-corrected chi connectivity index (χ4v) is 2.08. The molecule has 1 aliphatic rings. The lowest BCUT2D eigenvalue weighted by Crippen LogP contribution is -2.05. The predicted molar refractivity (Wildman–Crippen MR) is 55.6 cm³/mol. The minimum atomic E-state index is 0.713. The lowest BCUT2D eigenvalue weighted by Gasteiger charge is -2.20. The average molecular weight is 180 g/mol. The summed E-state index contributed by atoms with van der Waals surface area (Å²) in [5.74, 6) is 0.921. The van der Waals surface area contributed by atoms with Crippen LogP contribution >= 0.6 is 0 Å². The molecule has 0 bridgehead atoms. The summed E-state index contributed by atoms with van der Waals surface area (Å²) in [6.45, 7) is 2.26. The maximum atomic E-state index is 10.2. The Morgan fingerprint density at radius 2 is 2.46 bits per heavy atom. The lowest BCUT2D eigenvalue weighted by atomic mass is 9.85. The van der Waals surface area contributed by atoms with E-state index in [1.165, 1.54) is 37.7 Å². The summed E-state index contributed by atoms with van der Waals surface area (Å²) in [7, 11) is 0. The summed E-state index contributed by atoms with van der Waals surface area (Å²) in [4.78, 5) is 10.2. The van der Waals surface area contributed by atoms with E-state index in [1.54, 1.807) is 0 Å². The minimum Gasteiger partial charge on any atom is -0.303 e. The van der Waals surface area contributed by atoms with E-state index in [4.69, 9.17) is 0 Å². The Kier molecular flexibility index (Phi) is 4.81. The molecule has 0 fully saturated rings. The van der Waals surface area contributed by atoms with Crippen molar-refractivity contribution in [3.8, 4) is 0 Å². The third-order valence-corrected chi connectivity index (χ3v) is 2.89. The maximum Gasteiger partial charge on any atom is 0.120 e. The normalized spacial score (nSPS) is 22.5. The van der Waals surface area contributed by atoms with Crippen LogP contribution in [-0.4, -0.2) is 6.29 Å². The van der Waals surface area contributed by atoms with Crippen LogP contribution < -0.4 is 0 Å². The van der Waals surface area contributed by atoms with Gasteiger partial charge in [-0.1, -0.05) is 31.4 Å². The maximum absolute atomic E-state index is 10.2. The van der Waals surface area contributed by atoms with Gasteiger partial charge in [0.1, 0.15) is 6.29 Å². The Hall–Kier alpha value is -0.590. The summed E-state index contributed by atoms with van der Waals surface area (Å²) in [5, 5.41) is 0. The van der Waals surface area contributed by atoms with Crippen LogP contribution in [-0.2, 0) is 4.79 Å². The van der Waals surface area contributed by atoms with Crippen molar-refractivity contribution in [1.29, 1.82) is 0 Å². The first kappa shape index (κ1) is 10.5. The molecular weight excluding hydrogens is 160 g/mol. The van der Waals surface area contributed by atoms with Crippen LogP contribution in [0.25, 0.3) is 0 Å². The molecule has 0 aliphatic heterocycles. The molecule has 0 saturated carbocycles. The van der Waals surface area contributed by atoms with Crippen LogP contribution in [0.4, 0.5) is 0 Å². The molecule has 74 valence electrons. The molecule has 0 amide bonds. The standard InChI is InChI=1S/C12H20O/c1-2-4-11-6-8-12(9-7-11)5-3-10-13/h8,10-11H,2-7,9H2,1H3/t11-/m1/s1. The van der Waals surface area contributed by atoms with Crippen LogP contribution in [0.1, 0.15) is 51.9 Å². The number of aldehydes is 1.